The third kappa shape index (κ3) is 9.37. The second-order valence-corrected chi connectivity index (χ2v) is 12.1. The highest BCUT2D eigenvalue weighted by atomic mass is 19.4. The molecule has 0 saturated carbocycles. The number of ether oxygens (including phenoxy) is 2. The molecule has 2 aromatic carbocycles. The number of aliphatic hydroxyl groups excluding tert-OH is 1. The van der Waals surface area contributed by atoms with Crippen LogP contribution in [-0.4, -0.2) is 105 Å². The van der Waals surface area contributed by atoms with Crippen LogP contribution in [0.1, 0.15) is 52.8 Å². The fourth-order valence-corrected chi connectivity index (χ4v) is 5.73. The quantitative estimate of drug-likeness (QED) is 0.207. The Morgan fingerprint density at radius 2 is 1.04 bits per heavy atom. The molecule has 2 N–H and O–H groups in total. The lowest BCUT2D eigenvalue weighted by molar-refractivity contribution is -0.345. The molecule has 8 rings (SSSR count). The zero-order chi connectivity index (χ0) is 39.5. The Morgan fingerprint density at radius 1 is 0.636 bits per heavy atom. The Kier molecular flexibility index (Phi) is 11.1. The van der Waals surface area contributed by atoms with E-state index in [1.807, 2.05) is 0 Å². The zero-order valence-corrected chi connectivity index (χ0v) is 28.1. The molecule has 55 heavy (non-hydrogen) atoms. The Balaban J connectivity index is 0.000000156. The lowest BCUT2D eigenvalue weighted by Crippen LogP contribution is -2.54. The molecule has 4 aliphatic rings. The molecule has 2 aromatic heterocycles. The van der Waals surface area contributed by atoms with Crippen molar-refractivity contribution in [1.29, 1.82) is 0 Å². The number of fused-ring (bicyclic) bond motifs is 2. The number of nitrogens with one attached hydrogen (secondary N) is 1. The third-order valence-corrected chi connectivity index (χ3v) is 8.37. The van der Waals surface area contributed by atoms with E-state index in [0.717, 1.165) is 4.90 Å². The highest BCUT2D eigenvalue weighted by Crippen LogP contribution is 2.29. The van der Waals surface area contributed by atoms with Gasteiger partial charge in [0, 0.05) is 38.3 Å². The first kappa shape index (κ1) is 38.7. The van der Waals surface area contributed by atoms with E-state index >= 15 is 0 Å². The SMILES string of the molecule is O=C1NC(=O)c2ccccc21.O=C1c2ccccc2C(=O)N1Cc1cc(N2CC(OC(F)(F)F)C2)ncn1.OCc1cc(N2CC(OC(F)(F)F)C2)ncn1. The number of rotatable bonds is 7. The van der Waals surface area contributed by atoms with Gasteiger partial charge in [0.05, 0.1) is 46.8 Å². The van der Waals surface area contributed by atoms with Gasteiger partial charge in [0.2, 0.25) is 0 Å². The maximum Gasteiger partial charge on any atom is 0.522 e. The van der Waals surface area contributed by atoms with Crippen LogP contribution in [0.3, 0.4) is 0 Å². The van der Waals surface area contributed by atoms with Crippen molar-refractivity contribution in [3.8, 4) is 0 Å². The van der Waals surface area contributed by atoms with Gasteiger partial charge in [-0.05, 0) is 24.3 Å². The van der Waals surface area contributed by atoms with Gasteiger partial charge < -0.3 is 14.9 Å². The number of carbonyl (C=O) groups is 4. The molecule has 2 saturated heterocycles. The first-order valence-electron chi connectivity index (χ1n) is 16.2. The second kappa shape index (κ2) is 15.7. The minimum Gasteiger partial charge on any atom is -0.390 e. The molecular formula is C34H28F6N8O7. The van der Waals surface area contributed by atoms with E-state index < -0.39 is 36.7 Å². The van der Waals surface area contributed by atoms with Gasteiger partial charge in [-0.1, -0.05) is 24.3 Å². The summed E-state index contributed by atoms with van der Waals surface area (Å²) in [4.78, 5) is 66.8. The van der Waals surface area contributed by atoms with Crippen molar-refractivity contribution < 1.29 is 60.1 Å². The number of aliphatic hydroxyl groups is 1. The largest absolute Gasteiger partial charge is 0.522 e. The predicted molar refractivity (Wildman–Crippen MR) is 175 cm³/mol. The molecule has 0 aliphatic carbocycles. The van der Waals surface area contributed by atoms with E-state index in [1.165, 1.54) is 18.7 Å². The van der Waals surface area contributed by atoms with Crippen LogP contribution in [0, 0.1) is 0 Å². The van der Waals surface area contributed by atoms with Gasteiger partial charge in [0.1, 0.15) is 36.5 Å². The zero-order valence-electron chi connectivity index (χ0n) is 28.1. The molecule has 4 aliphatic heterocycles. The van der Waals surface area contributed by atoms with Gasteiger partial charge in [-0.15, -0.1) is 26.3 Å². The molecular weight excluding hydrogens is 746 g/mol. The molecule has 288 valence electrons. The Labute approximate surface area is 306 Å². The highest BCUT2D eigenvalue weighted by Gasteiger charge is 2.41. The molecule has 0 unspecified atom stereocenters. The van der Waals surface area contributed by atoms with E-state index in [9.17, 15) is 45.5 Å². The summed E-state index contributed by atoms with van der Waals surface area (Å²) in [6.07, 6.45) is -8.56. The van der Waals surface area contributed by atoms with Gasteiger partial charge in [-0.2, -0.15) is 0 Å². The van der Waals surface area contributed by atoms with Crippen molar-refractivity contribution in [1.82, 2.24) is 30.2 Å². The number of carbonyl (C=O) groups excluding carboxylic acids is 4. The monoisotopic (exact) mass is 774 g/mol. The molecule has 4 amide bonds. The predicted octanol–water partition coefficient (Wildman–Crippen LogP) is 3.26. The average molecular weight is 775 g/mol. The van der Waals surface area contributed by atoms with Crippen LogP contribution in [0.25, 0.3) is 0 Å². The van der Waals surface area contributed by atoms with Gasteiger partial charge in [0.15, 0.2) is 0 Å². The maximum absolute atomic E-state index is 12.4. The lowest BCUT2D eigenvalue weighted by atomic mass is 10.1. The van der Waals surface area contributed by atoms with Crippen LogP contribution in [0.4, 0.5) is 38.0 Å². The molecule has 15 nitrogen and oxygen atoms in total. The molecule has 6 heterocycles. The van der Waals surface area contributed by atoms with Crippen molar-refractivity contribution in [3.63, 3.8) is 0 Å². The van der Waals surface area contributed by atoms with Crippen LogP contribution in [0.2, 0.25) is 0 Å². The van der Waals surface area contributed by atoms with Crippen LogP contribution < -0.4 is 15.1 Å². The van der Waals surface area contributed by atoms with Gasteiger partial charge in [-0.25, -0.2) is 19.9 Å². The van der Waals surface area contributed by atoms with Crippen LogP contribution in [0.15, 0.2) is 73.3 Å². The molecule has 0 radical (unpaired) electrons. The summed E-state index contributed by atoms with van der Waals surface area (Å²) in [5.41, 5.74) is 2.46. The van der Waals surface area contributed by atoms with Crippen LogP contribution >= 0.6 is 0 Å². The number of anilines is 2. The fourth-order valence-electron chi connectivity index (χ4n) is 5.73. The van der Waals surface area contributed by atoms with Gasteiger partial charge in [-0.3, -0.25) is 38.9 Å². The Morgan fingerprint density at radius 3 is 1.45 bits per heavy atom. The first-order valence-corrected chi connectivity index (χ1v) is 16.2. The Hall–Kier alpha value is -6.06. The first-order chi connectivity index (χ1) is 26.1. The number of hydrogen-bond acceptors (Lipinski definition) is 13. The van der Waals surface area contributed by atoms with Gasteiger partial charge in [0.25, 0.3) is 23.6 Å². The highest BCUT2D eigenvalue weighted by molar-refractivity contribution is 6.22. The summed E-state index contributed by atoms with van der Waals surface area (Å²) in [5.74, 6) is -0.502. The lowest BCUT2D eigenvalue weighted by Gasteiger charge is -2.39. The van der Waals surface area contributed by atoms with Crippen molar-refractivity contribution in [2.75, 3.05) is 36.0 Å². The second-order valence-electron chi connectivity index (χ2n) is 12.1. The number of amides is 4. The number of alkyl halides is 6. The molecule has 0 bridgehead atoms. The number of aromatic nitrogens is 4. The van der Waals surface area contributed by atoms with E-state index in [1.54, 1.807) is 64.4 Å². The van der Waals surface area contributed by atoms with Crippen molar-refractivity contribution >= 4 is 35.3 Å². The normalized spacial score (nSPS) is 16.7. The summed E-state index contributed by atoms with van der Waals surface area (Å²) in [7, 11) is 0. The van der Waals surface area contributed by atoms with Crippen molar-refractivity contribution in [2.24, 2.45) is 0 Å². The minimum atomic E-state index is -4.67. The maximum atomic E-state index is 12.4. The van der Waals surface area contributed by atoms with E-state index in [0.29, 0.717) is 45.3 Å². The number of nitrogens with zero attached hydrogens (tertiary/aromatic N) is 7. The van der Waals surface area contributed by atoms with Crippen LogP contribution in [0.5, 0.6) is 0 Å². The molecule has 2 fully saturated rings. The molecule has 4 aromatic rings. The summed E-state index contributed by atoms with van der Waals surface area (Å²) in [6, 6.07) is 16.3. The molecule has 0 spiro atoms. The Bertz CT molecular complexity index is 2020. The van der Waals surface area contributed by atoms with E-state index in [-0.39, 0.29) is 51.1 Å². The average Bonchev–Trinajstić information content (AvgIpc) is 3.54. The minimum absolute atomic E-state index is 0.0435. The molecule has 21 heteroatoms. The number of benzene rings is 2. The topological polar surface area (TPSA) is 180 Å². The summed E-state index contributed by atoms with van der Waals surface area (Å²) < 4.78 is 80.0. The van der Waals surface area contributed by atoms with E-state index in [4.69, 9.17) is 5.11 Å². The number of hydrogen-bond donors (Lipinski definition) is 2. The number of halogens is 6. The smallest absolute Gasteiger partial charge is 0.390 e. The van der Waals surface area contributed by atoms with E-state index in [2.05, 4.69) is 34.7 Å². The molecule has 0 atom stereocenters. The summed E-state index contributed by atoms with van der Waals surface area (Å²) in [5, 5.41) is 11.1. The third-order valence-electron chi connectivity index (χ3n) is 8.37. The van der Waals surface area contributed by atoms with Crippen molar-refractivity contribution in [2.45, 2.75) is 38.1 Å². The van der Waals surface area contributed by atoms with Crippen LogP contribution in [-0.2, 0) is 22.6 Å². The summed E-state index contributed by atoms with van der Waals surface area (Å²) >= 11 is 0. The number of imide groups is 2. The standard InChI is InChI=1S/C17H13F3N4O3.C9H10F3N3O2.C8H5NO2/c18-17(19,20)27-11-7-23(8-11)14-5-10(21-9-22-14)6-24-15(25)12-3-1-2-4-13(12)16(24)26;10-9(11,12)17-7-2-15(3-7)8-1-6(4-16)13-5-14-8;10-7-5-3-1-2-4-6(5)8(11)9-7/h1-5,9,11H,6-8H2;1,5,7,16H,2-4H2;1-4H,(H,9,10,11). The summed E-state index contributed by atoms with van der Waals surface area (Å²) in [6.45, 7) is 0.0682. The van der Waals surface area contributed by atoms with Gasteiger partial charge >= 0.3 is 12.7 Å². The fraction of sp³-hybridized carbons (Fsp3) is 0.294. The van der Waals surface area contributed by atoms with Crippen molar-refractivity contribution in [3.05, 3.63) is 107 Å².